The number of nitrogens with one attached hydrogen (secondary N) is 2. The zero-order valence-electron chi connectivity index (χ0n) is 14.0. The lowest BCUT2D eigenvalue weighted by atomic mass is 9.96. The molecule has 1 amide bonds. The normalized spacial score (nSPS) is 11.8. The van der Waals surface area contributed by atoms with E-state index in [1.54, 1.807) is 18.2 Å². The molecule has 1 atom stereocenters. The summed E-state index contributed by atoms with van der Waals surface area (Å²) in [5, 5.41) is 15.9. The van der Waals surface area contributed by atoms with E-state index in [9.17, 15) is 4.79 Å². The van der Waals surface area contributed by atoms with E-state index in [0.29, 0.717) is 27.2 Å². The minimum Gasteiger partial charge on any atom is -0.325 e. The first-order valence-corrected chi connectivity index (χ1v) is 8.64. The highest BCUT2D eigenvalue weighted by atomic mass is 35.5. The van der Waals surface area contributed by atoms with Crippen LogP contribution in [0.15, 0.2) is 42.5 Å². The fourth-order valence-electron chi connectivity index (χ4n) is 2.50. The summed E-state index contributed by atoms with van der Waals surface area (Å²) in [7, 11) is 0. The van der Waals surface area contributed by atoms with Crippen LogP contribution in [0.1, 0.15) is 31.0 Å². The van der Waals surface area contributed by atoms with Gasteiger partial charge in [-0.2, -0.15) is 5.26 Å². The highest BCUT2D eigenvalue weighted by Gasteiger charge is 2.16. The summed E-state index contributed by atoms with van der Waals surface area (Å²) >= 11 is 11.9. The Labute approximate surface area is 157 Å². The number of rotatable bonds is 6. The van der Waals surface area contributed by atoms with Crippen molar-refractivity contribution in [1.29, 1.82) is 5.26 Å². The maximum Gasteiger partial charge on any atom is 0.238 e. The summed E-state index contributed by atoms with van der Waals surface area (Å²) in [6.07, 6.45) is 0. The van der Waals surface area contributed by atoms with E-state index in [1.807, 2.05) is 30.3 Å². The first kappa shape index (κ1) is 19.3. The molecule has 0 heterocycles. The van der Waals surface area contributed by atoms with E-state index in [-0.39, 0.29) is 18.5 Å². The molecule has 0 spiro atoms. The van der Waals surface area contributed by atoms with Crippen LogP contribution in [-0.4, -0.2) is 12.5 Å². The topological polar surface area (TPSA) is 64.9 Å². The number of nitrogens with zero attached hydrogens (tertiary/aromatic N) is 1. The Kier molecular flexibility index (Phi) is 6.83. The van der Waals surface area contributed by atoms with Gasteiger partial charge in [0.2, 0.25) is 5.91 Å². The molecule has 2 aromatic rings. The number of hydrogen-bond acceptors (Lipinski definition) is 3. The van der Waals surface area contributed by atoms with Crippen LogP contribution in [0.4, 0.5) is 5.69 Å². The van der Waals surface area contributed by atoms with Crippen molar-refractivity contribution in [3.8, 4) is 6.07 Å². The van der Waals surface area contributed by atoms with Gasteiger partial charge in [0.05, 0.1) is 17.1 Å². The van der Waals surface area contributed by atoms with E-state index in [1.165, 1.54) is 0 Å². The van der Waals surface area contributed by atoms with E-state index in [0.717, 1.165) is 5.56 Å². The summed E-state index contributed by atoms with van der Waals surface area (Å²) < 4.78 is 0. The standard InChI is InChI=1S/C19H19Cl2N3O/c1-12(2)19(13-3-6-15(20)7-4-13)23-11-18(25)24-16-8-5-14(10-22)17(21)9-16/h3-9,12,19,23H,11H2,1-2H3,(H,24,25)/t19-/m1/s1. The van der Waals surface area contributed by atoms with Crippen molar-refractivity contribution in [1.82, 2.24) is 5.32 Å². The second kappa shape index (κ2) is 8.87. The first-order valence-electron chi connectivity index (χ1n) is 7.89. The molecule has 0 aliphatic rings. The Hall–Kier alpha value is -2.06. The molecule has 0 saturated carbocycles. The van der Waals surface area contributed by atoms with E-state index in [4.69, 9.17) is 28.5 Å². The van der Waals surface area contributed by atoms with Crippen LogP contribution in [0, 0.1) is 17.2 Å². The lowest BCUT2D eigenvalue weighted by Crippen LogP contribution is -2.33. The van der Waals surface area contributed by atoms with Crippen LogP contribution in [0.3, 0.4) is 0 Å². The molecular formula is C19H19Cl2N3O. The highest BCUT2D eigenvalue weighted by Crippen LogP contribution is 2.23. The van der Waals surface area contributed by atoms with Crippen LogP contribution >= 0.6 is 23.2 Å². The molecule has 2 N–H and O–H groups in total. The SMILES string of the molecule is CC(C)[C@@H](NCC(=O)Nc1ccc(C#N)c(Cl)c1)c1ccc(Cl)cc1. The molecule has 2 rings (SSSR count). The van der Waals surface area contributed by atoms with Crippen molar-refractivity contribution in [2.45, 2.75) is 19.9 Å². The smallest absolute Gasteiger partial charge is 0.238 e. The summed E-state index contributed by atoms with van der Waals surface area (Å²) in [5.74, 6) is 0.124. The number of nitriles is 1. The van der Waals surface area contributed by atoms with Crippen molar-refractivity contribution in [2.75, 3.05) is 11.9 Å². The van der Waals surface area contributed by atoms with Crippen LogP contribution < -0.4 is 10.6 Å². The van der Waals surface area contributed by atoms with Crippen molar-refractivity contribution in [3.05, 3.63) is 63.6 Å². The molecule has 0 aliphatic heterocycles. The van der Waals surface area contributed by atoms with E-state index in [2.05, 4.69) is 24.5 Å². The van der Waals surface area contributed by atoms with Crippen molar-refractivity contribution < 1.29 is 4.79 Å². The van der Waals surface area contributed by atoms with Gasteiger partial charge in [0.15, 0.2) is 0 Å². The quantitative estimate of drug-likeness (QED) is 0.762. The first-order chi connectivity index (χ1) is 11.9. The molecule has 0 radical (unpaired) electrons. The van der Waals surface area contributed by atoms with Gasteiger partial charge in [-0.3, -0.25) is 4.79 Å². The third kappa shape index (κ3) is 5.47. The van der Waals surface area contributed by atoms with Gasteiger partial charge in [0, 0.05) is 16.8 Å². The van der Waals surface area contributed by atoms with Crippen molar-refractivity contribution >= 4 is 34.8 Å². The number of anilines is 1. The predicted octanol–water partition coefficient (Wildman–Crippen LogP) is 4.79. The molecule has 0 unspecified atom stereocenters. The van der Waals surface area contributed by atoms with Crippen LogP contribution in [0.5, 0.6) is 0 Å². The average Bonchev–Trinajstić information content (AvgIpc) is 2.56. The third-order valence-electron chi connectivity index (χ3n) is 3.75. The summed E-state index contributed by atoms with van der Waals surface area (Å²) in [6, 6.07) is 14.4. The third-order valence-corrected chi connectivity index (χ3v) is 4.32. The summed E-state index contributed by atoms with van der Waals surface area (Å²) in [6.45, 7) is 4.33. The number of halogens is 2. The zero-order chi connectivity index (χ0) is 18.4. The number of carbonyl (C=O) groups is 1. The zero-order valence-corrected chi connectivity index (χ0v) is 15.5. The number of benzene rings is 2. The van der Waals surface area contributed by atoms with Crippen LogP contribution in [-0.2, 0) is 4.79 Å². The van der Waals surface area contributed by atoms with Crippen LogP contribution in [0.2, 0.25) is 10.0 Å². The lowest BCUT2D eigenvalue weighted by Gasteiger charge is -2.23. The maximum absolute atomic E-state index is 12.2. The Bertz CT molecular complexity index is 782. The molecule has 130 valence electrons. The number of amides is 1. The molecule has 0 aliphatic carbocycles. The van der Waals surface area contributed by atoms with Gasteiger partial charge in [-0.1, -0.05) is 49.2 Å². The fraction of sp³-hybridized carbons (Fsp3) is 0.263. The van der Waals surface area contributed by atoms with Gasteiger partial charge >= 0.3 is 0 Å². The molecular weight excluding hydrogens is 357 g/mol. The molecule has 4 nitrogen and oxygen atoms in total. The second-order valence-electron chi connectivity index (χ2n) is 6.01. The van der Waals surface area contributed by atoms with E-state index >= 15 is 0 Å². The molecule has 0 bridgehead atoms. The minimum atomic E-state index is -0.180. The van der Waals surface area contributed by atoms with Gasteiger partial charge < -0.3 is 10.6 Å². The highest BCUT2D eigenvalue weighted by molar-refractivity contribution is 6.32. The lowest BCUT2D eigenvalue weighted by molar-refractivity contribution is -0.115. The fourth-order valence-corrected chi connectivity index (χ4v) is 2.85. The van der Waals surface area contributed by atoms with Crippen LogP contribution in [0.25, 0.3) is 0 Å². The van der Waals surface area contributed by atoms with Gasteiger partial charge in [-0.15, -0.1) is 0 Å². The predicted molar refractivity (Wildman–Crippen MR) is 102 cm³/mol. The molecule has 6 heteroatoms. The Morgan fingerprint density at radius 3 is 2.40 bits per heavy atom. The molecule has 0 fully saturated rings. The molecule has 2 aromatic carbocycles. The van der Waals surface area contributed by atoms with Crippen molar-refractivity contribution in [2.24, 2.45) is 5.92 Å². The molecule has 0 saturated heterocycles. The number of hydrogen-bond donors (Lipinski definition) is 2. The van der Waals surface area contributed by atoms with Gasteiger partial charge in [-0.05, 0) is 41.8 Å². The monoisotopic (exact) mass is 375 g/mol. The van der Waals surface area contributed by atoms with Crippen molar-refractivity contribution in [3.63, 3.8) is 0 Å². The molecule has 0 aromatic heterocycles. The molecule has 25 heavy (non-hydrogen) atoms. The minimum absolute atomic E-state index is 0.0348. The largest absolute Gasteiger partial charge is 0.325 e. The van der Waals surface area contributed by atoms with Gasteiger partial charge in [-0.25, -0.2) is 0 Å². The second-order valence-corrected chi connectivity index (χ2v) is 6.85. The number of carbonyl (C=O) groups excluding carboxylic acids is 1. The summed E-state index contributed by atoms with van der Waals surface area (Å²) in [4.78, 5) is 12.2. The van der Waals surface area contributed by atoms with Gasteiger partial charge in [0.1, 0.15) is 6.07 Å². The Morgan fingerprint density at radius 2 is 1.84 bits per heavy atom. The van der Waals surface area contributed by atoms with E-state index < -0.39 is 0 Å². The Balaban J connectivity index is 1.98. The Morgan fingerprint density at radius 1 is 1.16 bits per heavy atom. The maximum atomic E-state index is 12.2. The average molecular weight is 376 g/mol. The summed E-state index contributed by atoms with van der Waals surface area (Å²) in [5.41, 5.74) is 2.01. The van der Waals surface area contributed by atoms with Gasteiger partial charge in [0.25, 0.3) is 0 Å².